The molecule has 0 spiro atoms. The van der Waals surface area contributed by atoms with Gasteiger partial charge in [-0.05, 0) is 68.3 Å². The van der Waals surface area contributed by atoms with E-state index in [0.29, 0.717) is 11.3 Å². The fourth-order valence-electron chi connectivity index (χ4n) is 2.89. The molecule has 0 fully saturated rings. The molecule has 0 bridgehead atoms. The molecule has 3 rings (SSSR count). The van der Waals surface area contributed by atoms with Crippen LogP contribution in [0, 0.1) is 20.8 Å². The van der Waals surface area contributed by atoms with Gasteiger partial charge in [0.1, 0.15) is 11.0 Å². The number of carbonyl (C=O) groups excluding carboxylic acids is 1. The SMILES string of the molecule is Cc1ccc(C(=O)NC[C@@H](c2ccco2)S(=O)(=O)c2ccc(C)c(C)c2)cc1. The highest BCUT2D eigenvalue weighted by Gasteiger charge is 2.32. The fraction of sp³-hybridized carbons (Fsp3) is 0.227. The summed E-state index contributed by atoms with van der Waals surface area (Å²) >= 11 is 0. The van der Waals surface area contributed by atoms with E-state index in [4.69, 9.17) is 4.42 Å². The molecule has 0 aliphatic heterocycles. The van der Waals surface area contributed by atoms with Gasteiger partial charge in [-0.2, -0.15) is 0 Å². The summed E-state index contributed by atoms with van der Waals surface area (Å²) in [6.07, 6.45) is 1.43. The molecule has 1 heterocycles. The Bertz CT molecular complexity index is 1070. The van der Waals surface area contributed by atoms with E-state index < -0.39 is 15.1 Å². The van der Waals surface area contributed by atoms with Crippen molar-refractivity contribution in [2.24, 2.45) is 0 Å². The molecular weight excluding hydrogens is 374 g/mol. The van der Waals surface area contributed by atoms with Crippen LogP contribution in [0.15, 0.2) is 70.2 Å². The van der Waals surface area contributed by atoms with Crippen LogP contribution < -0.4 is 5.32 Å². The Balaban J connectivity index is 1.88. The maximum atomic E-state index is 13.3. The van der Waals surface area contributed by atoms with Crippen LogP contribution >= 0.6 is 0 Å². The van der Waals surface area contributed by atoms with Gasteiger partial charge in [-0.1, -0.05) is 23.8 Å². The minimum Gasteiger partial charge on any atom is -0.468 e. The summed E-state index contributed by atoms with van der Waals surface area (Å²) in [4.78, 5) is 12.7. The van der Waals surface area contributed by atoms with Gasteiger partial charge in [-0.15, -0.1) is 0 Å². The molecule has 0 saturated heterocycles. The monoisotopic (exact) mass is 397 g/mol. The molecule has 0 unspecified atom stereocenters. The summed E-state index contributed by atoms with van der Waals surface area (Å²) in [5.41, 5.74) is 3.43. The molecule has 28 heavy (non-hydrogen) atoms. The van der Waals surface area contributed by atoms with Crippen molar-refractivity contribution in [1.82, 2.24) is 5.32 Å². The Morgan fingerprint density at radius 1 is 1.00 bits per heavy atom. The lowest BCUT2D eigenvalue weighted by Crippen LogP contribution is -2.31. The second-order valence-corrected chi connectivity index (χ2v) is 9.00. The van der Waals surface area contributed by atoms with Crippen LogP contribution in [-0.2, 0) is 9.84 Å². The maximum Gasteiger partial charge on any atom is 0.251 e. The molecule has 146 valence electrons. The van der Waals surface area contributed by atoms with E-state index in [1.165, 1.54) is 6.26 Å². The van der Waals surface area contributed by atoms with Crippen molar-refractivity contribution in [3.05, 3.63) is 88.9 Å². The molecule has 1 N–H and O–H groups in total. The number of nitrogens with one attached hydrogen (secondary N) is 1. The average Bonchev–Trinajstić information content (AvgIpc) is 3.18. The minimum absolute atomic E-state index is 0.0878. The highest BCUT2D eigenvalue weighted by atomic mass is 32.2. The van der Waals surface area contributed by atoms with E-state index in [9.17, 15) is 13.2 Å². The highest BCUT2D eigenvalue weighted by molar-refractivity contribution is 7.91. The summed E-state index contributed by atoms with van der Waals surface area (Å²) in [7, 11) is -3.76. The van der Waals surface area contributed by atoms with Crippen LogP contribution in [0.1, 0.15) is 38.1 Å². The second kappa shape index (κ2) is 8.02. The Labute approximate surface area is 165 Å². The molecule has 6 heteroatoms. The van der Waals surface area contributed by atoms with Gasteiger partial charge in [-0.25, -0.2) is 8.42 Å². The van der Waals surface area contributed by atoms with Crippen molar-refractivity contribution in [3.8, 4) is 0 Å². The summed E-state index contributed by atoms with van der Waals surface area (Å²) < 4.78 is 31.9. The second-order valence-electron chi connectivity index (χ2n) is 6.87. The molecule has 1 aromatic heterocycles. The van der Waals surface area contributed by atoms with Gasteiger partial charge in [-0.3, -0.25) is 4.79 Å². The fourth-order valence-corrected chi connectivity index (χ4v) is 4.56. The lowest BCUT2D eigenvalue weighted by atomic mass is 10.1. The lowest BCUT2D eigenvalue weighted by molar-refractivity contribution is 0.0953. The number of amides is 1. The summed E-state index contributed by atoms with van der Waals surface area (Å²) in [6.45, 7) is 5.65. The maximum absolute atomic E-state index is 13.3. The number of furan rings is 1. The molecule has 0 saturated carbocycles. The zero-order valence-electron chi connectivity index (χ0n) is 16.1. The number of carbonyl (C=O) groups is 1. The molecule has 3 aromatic rings. The largest absolute Gasteiger partial charge is 0.468 e. The van der Waals surface area contributed by atoms with Crippen LogP contribution in [0.5, 0.6) is 0 Å². The molecule has 5 nitrogen and oxygen atoms in total. The topological polar surface area (TPSA) is 76.4 Å². The van der Waals surface area contributed by atoms with Gasteiger partial charge >= 0.3 is 0 Å². The van der Waals surface area contributed by atoms with Gasteiger partial charge in [0.05, 0.1) is 11.2 Å². The van der Waals surface area contributed by atoms with Crippen molar-refractivity contribution in [1.29, 1.82) is 0 Å². The lowest BCUT2D eigenvalue weighted by Gasteiger charge is -2.17. The zero-order valence-corrected chi connectivity index (χ0v) is 16.9. The zero-order chi connectivity index (χ0) is 20.3. The standard InChI is InChI=1S/C22H23NO4S/c1-15-6-9-18(10-7-15)22(24)23-14-21(20-5-4-12-27-20)28(25,26)19-11-8-16(2)17(3)13-19/h4-13,21H,14H2,1-3H3,(H,23,24)/t21-/m0/s1. The van der Waals surface area contributed by atoms with E-state index in [2.05, 4.69) is 5.32 Å². The Morgan fingerprint density at radius 3 is 2.32 bits per heavy atom. The number of hydrogen-bond acceptors (Lipinski definition) is 4. The van der Waals surface area contributed by atoms with E-state index in [1.54, 1.807) is 42.5 Å². The molecule has 1 atom stereocenters. The van der Waals surface area contributed by atoms with Crippen LogP contribution in [0.2, 0.25) is 0 Å². The summed E-state index contributed by atoms with van der Waals surface area (Å²) in [6, 6.07) is 15.4. The van der Waals surface area contributed by atoms with Crippen LogP contribution in [0.25, 0.3) is 0 Å². The van der Waals surface area contributed by atoms with Gasteiger partial charge in [0, 0.05) is 12.1 Å². The number of hydrogen-bond donors (Lipinski definition) is 1. The number of rotatable bonds is 6. The van der Waals surface area contributed by atoms with E-state index in [1.807, 2.05) is 32.9 Å². The average molecular weight is 397 g/mol. The predicted octanol–water partition coefficient (Wildman–Crippen LogP) is 4.15. The van der Waals surface area contributed by atoms with Crippen molar-refractivity contribution < 1.29 is 17.6 Å². The van der Waals surface area contributed by atoms with Crippen molar-refractivity contribution in [2.75, 3.05) is 6.54 Å². The van der Waals surface area contributed by atoms with Gasteiger partial charge in [0.15, 0.2) is 9.84 Å². The highest BCUT2D eigenvalue weighted by Crippen LogP contribution is 2.30. The Kier molecular flexibility index (Phi) is 5.70. The first-order chi connectivity index (χ1) is 13.3. The first-order valence-electron chi connectivity index (χ1n) is 8.98. The third-order valence-electron chi connectivity index (χ3n) is 4.80. The van der Waals surface area contributed by atoms with Crippen LogP contribution in [-0.4, -0.2) is 20.9 Å². The molecule has 2 aromatic carbocycles. The number of benzene rings is 2. The van der Waals surface area contributed by atoms with Crippen molar-refractivity contribution >= 4 is 15.7 Å². The van der Waals surface area contributed by atoms with E-state index in [0.717, 1.165) is 16.7 Å². The third kappa shape index (κ3) is 4.17. The normalized spacial score (nSPS) is 12.5. The van der Waals surface area contributed by atoms with Crippen molar-refractivity contribution in [2.45, 2.75) is 30.9 Å². The van der Waals surface area contributed by atoms with Crippen LogP contribution in [0.4, 0.5) is 0 Å². The molecule has 0 radical (unpaired) electrons. The van der Waals surface area contributed by atoms with Crippen molar-refractivity contribution in [3.63, 3.8) is 0 Å². The Morgan fingerprint density at radius 2 is 1.71 bits per heavy atom. The number of sulfone groups is 1. The van der Waals surface area contributed by atoms with Gasteiger partial charge in [0.2, 0.25) is 0 Å². The first-order valence-corrected chi connectivity index (χ1v) is 10.5. The molecule has 0 aliphatic carbocycles. The van der Waals surface area contributed by atoms with Gasteiger partial charge < -0.3 is 9.73 Å². The molecular formula is C22H23NO4S. The molecule has 0 aliphatic rings. The van der Waals surface area contributed by atoms with E-state index >= 15 is 0 Å². The van der Waals surface area contributed by atoms with Gasteiger partial charge in [0.25, 0.3) is 5.91 Å². The van der Waals surface area contributed by atoms with E-state index in [-0.39, 0.29) is 17.3 Å². The third-order valence-corrected chi connectivity index (χ3v) is 6.86. The number of aryl methyl sites for hydroxylation is 3. The predicted molar refractivity (Wildman–Crippen MR) is 108 cm³/mol. The smallest absolute Gasteiger partial charge is 0.251 e. The molecule has 1 amide bonds. The quantitative estimate of drug-likeness (QED) is 0.678. The summed E-state index contributed by atoms with van der Waals surface area (Å²) in [5, 5.41) is 1.72. The minimum atomic E-state index is -3.76. The summed E-state index contributed by atoms with van der Waals surface area (Å²) in [5.74, 6) is -0.0331. The Hall–Kier alpha value is -2.86. The van der Waals surface area contributed by atoms with Crippen LogP contribution in [0.3, 0.4) is 0 Å². The first kappa shape index (κ1) is 19.9.